The first-order chi connectivity index (χ1) is 7.72. The van der Waals surface area contributed by atoms with Gasteiger partial charge in [-0.1, -0.05) is 0 Å². The molecule has 0 amide bonds. The molecule has 1 aliphatic heterocycles. The largest absolute Gasteiger partial charge is 0.383 e. The van der Waals surface area contributed by atoms with Crippen molar-refractivity contribution in [3.05, 3.63) is 33.9 Å². The molecule has 5 nitrogen and oxygen atoms in total. The van der Waals surface area contributed by atoms with Gasteiger partial charge in [0.25, 0.3) is 5.69 Å². The Kier molecular flexibility index (Phi) is 3.05. The number of ether oxygens (including phenoxy) is 1. The highest BCUT2D eigenvalue weighted by molar-refractivity contribution is 5.61. The summed E-state index contributed by atoms with van der Waals surface area (Å²) in [6.07, 6.45) is 0.876. The minimum Gasteiger partial charge on any atom is -0.383 e. The first-order valence-corrected chi connectivity index (χ1v) is 5.23. The predicted octanol–water partition coefficient (Wildman–Crippen LogP) is 1.60. The van der Waals surface area contributed by atoms with Crippen molar-refractivity contribution in [2.24, 2.45) is 0 Å². The Labute approximate surface area is 93.8 Å². The minimum absolute atomic E-state index is 0.173. The van der Waals surface area contributed by atoms with Crippen molar-refractivity contribution in [2.75, 3.05) is 31.7 Å². The lowest BCUT2D eigenvalue weighted by molar-refractivity contribution is -0.384. The van der Waals surface area contributed by atoms with Gasteiger partial charge in [-0.15, -0.1) is 0 Å². The summed E-state index contributed by atoms with van der Waals surface area (Å²) in [6, 6.07) is 5.06. The van der Waals surface area contributed by atoms with Crippen LogP contribution in [0.25, 0.3) is 0 Å². The lowest BCUT2D eigenvalue weighted by Crippen LogP contribution is -2.24. The summed E-state index contributed by atoms with van der Waals surface area (Å²) in [6.45, 7) is 2.43. The molecular weight excluding hydrogens is 208 g/mol. The molecule has 1 aromatic carbocycles. The highest BCUT2D eigenvalue weighted by Crippen LogP contribution is 2.30. The Bertz CT molecular complexity index is 406. The monoisotopic (exact) mass is 222 g/mol. The van der Waals surface area contributed by atoms with Crippen LogP contribution >= 0.6 is 0 Å². The van der Waals surface area contributed by atoms with Crippen molar-refractivity contribution in [2.45, 2.75) is 6.42 Å². The number of rotatable bonds is 4. The fourth-order valence-corrected chi connectivity index (χ4v) is 2.00. The lowest BCUT2D eigenvalue weighted by Gasteiger charge is -2.18. The van der Waals surface area contributed by atoms with Gasteiger partial charge in [0, 0.05) is 38.0 Å². The predicted molar refractivity (Wildman–Crippen MR) is 60.9 cm³/mol. The van der Waals surface area contributed by atoms with Gasteiger partial charge in [0.2, 0.25) is 0 Å². The van der Waals surface area contributed by atoms with Crippen molar-refractivity contribution >= 4 is 11.4 Å². The average molecular weight is 222 g/mol. The third kappa shape index (κ3) is 1.99. The van der Waals surface area contributed by atoms with Crippen LogP contribution in [-0.4, -0.2) is 31.7 Å². The second-order valence-electron chi connectivity index (χ2n) is 3.80. The molecule has 1 heterocycles. The van der Waals surface area contributed by atoms with E-state index in [2.05, 4.69) is 4.90 Å². The van der Waals surface area contributed by atoms with Crippen molar-refractivity contribution < 1.29 is 9.66 Å². The molecule has 0 saturated heterocycles. The summed E-state index contributed by atoms with van der Waals surface area (Å²) < 4.78 is 5.03. The quantitative estimate of drug-likeness (QED) is 0.573. The fraction of sp³-hybridized carbons (Fsp3) is 0.455. The molecule has 0 fully saturated rings. The van der Waals surface area contributed by atoms with Gasteiger partial charge in [-0.25, -0.2) is 0 Å². The molecule has 86 valence electrons. The van der Waals surface area contributed by atoms with Gasteiger partial charge in [0.1, 0.15) is 0 Å². The van der Waals surface area contributed by atoms with Gasteiger partial charge in [-0.05, 0) is 18.1 Å². The van der Waals surface area contributed by atoms with Gasteiger partial charge >= 0.3 is 0 Å². The number of benzene rings is 1. The molecule has 16 heavy (non-hydrogen) atoms. The summed E-state index contributed by atoms with van der Waals surface area (Å²) in [7, 11) is 1.67. The van der Waals surface area contributed by atoms with Gasteiger partial charge in [0.15, 0.2) is 0 Å². The summed E-state index contributed by atoms with van der Waals surface area (Å²) in [4.78, 5) is 12.5. The Hall–Kier alpha value is -1.62. The van der Waals surface area contributed by atoms with Crippen molar-refractivity contribution in [1.29, 1.82) is 0 Å². The number of hydrogen-bond donors (Lipinski definition) is 0. The Balaban J connectivity index is 2.18. The van der Waals surface area contributed by atoms with E-state index in [1.54, 1.807) is 19.2 Å². The molecule has 0 aliphatic carbocycles. The van der Waals surface area contributed by atoms with Crippen LogP contribution in [-0.2, 0) is 11.2 Å². The van der Waals surface area contributed by atoms with E-state index in [1.165, 1.54) is 0 Å². The van der Waals surface area contributed by atoms with Gasteiger partial charge in [0.05, 0.1) is 11.5 Å². The molecule has 0 radical (unpaired) electrons. The topological polar surface area (TPSA) is 55.6 Å². The molecule has 0 saturated carbocycles. The van der Waals surface area contributed by atoms with Crippen molar-refractivity contribution in [3.8, 4) is 0 Å². The van der Waals surface area contributed by atoms with Crippen LogP contribution in [0.3, 0.4) is 0 Å². The maximum Gasteiger partial charge on any atom is 0.269 e. The van der Waals surface area contributed by atoms with Crippen molar-refractivity contribution in [1.82, 2.24) is 0 Å². The number of fused-ring (bicyclic) bond motifs is 1. The first kappa shape index (κ1) is 10.9. The van der Waals surface area contributed by atoms with E-state index in [9.17, 15) is 10.1 Å². The van der Waals surface area contributed by atoms with Crippen LogP contribution in [0, 0.1) is 10.1 Å². The molecule has 0 bridgehead atoms. The number of methoxy groups -OCH3 is 1. The second-order valence-corrected chi connectivity index (χ2v) is 3.80. The minimum atomic E-state index is -0.349. The van der Waals surface area contributed by atoms with E-state index < -0.39 is 0 Å². The van der Waals surface area contributed by atoms with Crippen LogP contribution in [0.15, 0.2) is 18.2 Å². The maximum atomic E-state index is 10.6. The van der Waals surface area contributed by atoms with Crippen LogP contribution in [0.1, 0.15) is 5.56 Å². The normalized spacial score (nSPS) is 13.9. The van der Waals surface area contributed by atoms with E-state index in [1.807, 2.05) is 6.07 Å². The SMILES string of the molecule is COCCN1CCc2cc([N+](=O)[O-])ccc21. The number of anilines is 1. The summed E-state index contributed by atoms with van der Waals surface area (Å²) in [5.41, 5.74) is 2.33. The van der Waals surface area contributed by atoms with Crippen LogP contribution in [0.2, 0.25) is 0 Å². The lowest BCUT2D eigenvalue weighted by atomic mass is 10.1. The van der Waals surface area contributed by atoms with E-state index >= 15 is 0 Å². The van der Waals surface area contributed by atoms with Crippen LogP contribution < -0.4 is 4.90 Å². The standard InChI is InChI=1S/C11H14N2O3/c1-16-7-6-12-5-4-9-8-10(13(14)15)2-3-11(9)12/h2-3,8H,4-7H2,1H3. The number of nitro benzene ring substituents is 1. The summed E-state index contributed by atoms with van der Waals surface area (Å²) >= 11 is 0. The Morgan fingerprint density at radius 3 is 3.06 bits per heavy atom. The van der Waals surface area contributed by atoms with Gasteiger partial charge in [-0.3, -0.25) is 10.1 Å². The van der Waals surface area contributed by atoms with Gasteiger partial charge < -0.3 is 9.64 Å². The maximum absolute atomic E-state index is 10.6. The smallest absolute Gasteiger partial charge is 0.269 e. The second kappa shape index (κ2) is 4.49. The van der Waals surface area contributed by atoms with Crippen LogP contribution in [0.5, 0.6) is 0 Å². The zero-order valence-electron chi connectivity index (χ0n) is 9.18. The molecule has 0 unspecified atom stereocenters. The zero-order chi connectivity index (χ0) is 11.5. The molecule has 0 spiro atoms. The van der Waals surface area contributed by atoms with Gasteiger partial charge in [-0.2, -0.15) is 0 Å². The zero-order valence-corrected chi connectivity index (χ0v) is 9.18. The molecule has 0 N–H and O–H groups in total. The molecule has 0 atom stereocenters. The van der Waals surface area contributed by atoms with E-state index in [0.29, 0.717) is 6.61 Å². The Morgan fingerprint density at radius 2 is 2.38 bits per heavy atom. The number of non-ortho nitro benzene ring substituents is 1. The highest BCUT2D eigenvalue weighted by atomic mass is 16.6. The number of nitrogens with zero attached hydrogens (tertiary/aromatic N) is 2. The molecular formula is C11H14N2O3. The average Bonchev–Trinajstić information content (AvgIpc) is 2.68. The summed E-state index contributed by atoms with van der Waals surface area (Å²) in [5, 5.41) is 10.6. The van der Waals surface area contributed by atoms with Crippen molar-refractivity contribution in [3.63, 3.8) is 0 Å². The van der Waals surface area contributed by atoms with E-state index in [-0.39, 0.29) is 10.6 Å². The fourth-order valence-electron chi connectivity index (χ4n) is 2.00. The molecule has 2 rings (SSSR count). The molecule has 1 aliphatic rings. The Morgan fingerprint density at radius 1 is 1.56 bits per heavy atom. The van der Waals surface area contributed by atoms with E-state index in [4.69, 9.17) is 4.74 Å². The molecule has 1 aromatic rings. The first-order valence-electron chi connectivity index (χ1n) is 5.23. The number of hydrogen-bond acceptors (Lipinski definition) is 4. The van der Waals surface area contributed by atoms with E-state index in [0.717, 1.165) is 30.8 Å². The third-order valence-corrected chi connectivity index (χ3v) is 2.83. The molecule has 5 heteroatoms. The third-order valence-electron chi connectivity index (χ3n) is 2.83. The number of nitro groups is 1. The highest BCUT2D eigenvalue weighted by Gasteiger charge is 2.21. The van der Waals surface area contributed by atoms with Crippen LogP contribution in [0.4, 0.5) is 11.4 Å². The molecule has 0 aromatic heterocycles. The summed E-state index contributed by atoms with van der Waals surface area (Å²) in [5.74, 6) is 0.